The maximum Gasteiger partial charge on any atom is 0.251 e. The molecule has 2 unspecified atom stereocenters. The topological polar surface area (TPSA) is 62.2 Å². The normalized spacial score (nSPS) is 15.1. The molecule has 1 aromatic carbocycles. The molecule has 2 N–H and O–H groups in total. The first-order valence-corrected chi connectivity index (χ1v) is 8.37. The summed E-state index contributed by atoms with van der Waals surface area (Å²) in [5.41, 5.74) is 3.37. The molecule has 2 rings (SSSR count). The minimum Gasteiger partial charge on any atom is -0.388 e. The minimum atomic E-state index is -0.898. The van der Waals surface area contributed by atoms with E-state index in [2.05, 4.69) is 10.3 Å². The summed E-state index contributed by atoms with van der Waals surface area (Å²) in [6.45, 7) is 6.01. The highest BCUT2D eigenvalue weighted by Crippen LogP contribution is 2.20. The Morgan fingerprint density at radius 1 is 1.41 bits per heavy atom. The summed E-state index contributed by atoms with van der Waals surface area (Å²) in [6, 6.07) is 7.33. The third kappa shape index (κ3) is 3.93. The van der Waals surface area contributed by atoms with Crippen LogP contribution in [0.2, 0.25) is 0 Å². The van der Waals surface area contributed by atoms with E-state index in [0.29, 0.717) is 5.56 Å². The molecule has 2 atom stereocenters. The Hall–Kier alpha value is -1.72. The Labute approximate surface area is 135 Å². The van der Waals surface area contributed by atoms with Crippen molar-refractivity contribution in [2.24, 2.45) is 5.92 Å². The van der Waals surface area contributed by atoms with Crippen molar-refractivity contribution in [3.05, 3.63) is 40.7 Å². The van der Waals surface area contributed by atoms with Gasteiger partial charge in [0, 0.05) is 23.1 Å². The molecule has 0 fully saturated rings. The fourth-order valence-electron chi connectivity index (χ4n) is 2.12. The number of amides is 1. The fourth-order valence-corrected chi connectivity index (χ4v) is 2.68. The summed E-state index contributed by atoms with van der Waals surface area (Å²) >= 11 is 1.54. The molecular weight excluding hydrogens is 296 g/mol. The van der Waals surface area contributed by atoms with Crippen LogP contribution in [0.5, 0.6) is 0 Å². The molecule has 0 aliphatic rings. The summed E-state index contributed by atoms with van der Waals surface area (Å²) in [5, 5.41) is 15.1. The average Bonchev–Trinajstić information content (AvgIpc) is 3.06. The molecule has 22 heavy (non-hydrogen) atoms. The number of hydrogen-bond donors (Lipinski definition) is 2. The Bertz CT molecular complexity index is 606. The van der Waals surface area contributed by atoms with Crippen LogP contribution in [-0.4, -0.2) is 28.1 Å². The molecule has 118 valence electrons. The lowest BCUT2D eigenvalue weighted by Crippen LogP contribution is -2.45. The molecule has 4 nitrogen and oxygen atoms in total. The van der Waals surface area contributed by atoms with Crippen molar-refractivity contribution >= 4 is 17.2 Å². The number of nitrogens with one attached hydrogen (secondary N) is 1. The van der Waals surface area contributed by atoms with E-state index in [9.17, 15) is 9.90 Å². The third-order valence-corrected chi connectivity index (χ3v) is 4.74. The van der Waals surface area contributed by atoms with Crippen LogP contribution in [0.25, 0.3) is 11.3 Å². The van der Waals surface area contributed by atoms with Crippen LogP contribution in [0.1, 0.15) is 37.6 Å². The lowest BCUT2D eigenvalue weighted by atomic mass is 9.88. The first-order chi connectivity index (χ1) is 10.4. The van der Waals surface area contributed by atoms with Crippen LogP contribution >= 0.6 is 11.3 Å². The molecule has 0 bridgehead atoms. The van der Waals surface area contributed by atoms with E-state index < -0.39 is 5.60 Å². The monoisotopic (exact) mass is 318 g/mol. The van der Waals surface area contributed by atoms with Gasteiger partial charge in [0.1, 0.15) is 0 Å². The van der Waals surface area contributed by atoms with Gasteiger partial charge in [-0.25, -0.2) is 4.98 Å². The third-order valence-electron chi connectivity index (χ3n) is 4.16. The van der Waals surface area contributed by atoms with Gasteiger partial charge in [0.2, 0.25) is 0 Å². The van der Waals surface area contributed by atoms with Gasteiger partial charge in [-0.2, -0.15) is 0 Å². The lowest BCUT2D eigenvalue weighted by Gasteiger charge is -2.29. The van der Waals surface area contributed by atoms with Gasteiger partial charge in [-0.3, -0.25) is 4.79 Å². The molecule has 0 aliphatic heterocycles. The quantitative estimate of drug-likeness (QED) is 0.858. The summed E-state index contributed by atoms with van der Waals surface area (Å²) in [5.74, 6) is -0.0479. The van der Waals surface area contributed by atoms with Crippen LogP contribution in [0.4, 0.5) is 0 Å². The first kappa shape index (κ1) is 16.6. The predicted molar refractivity (Wildman–Crippen MR) is 90.0 cm³/mol. The van der Waals surface area contributed by atoms with Crippen LogP contribution in [0.3, 0.4) is 0 Å². The van der Waals surface area contributed by atoms with Gasteiger partial charge in [-0.05, 0) is 25.0 Å². The number of thiazole rings is 1. The number of carbonyl (C=O) groups excluding carboxylic acids is 1. The van der Waals surface area contributed by atoms with Gasteiger partial charge in [0.25, 0.3) is 5.91 Å². The van der Waals surface area contributed by atoms with E-state index in [4.69, 9.17) is 0 Å². The molecule has 1 heterocycles. The van der Waals surface area contributed by atoms with E-state index in [1.54, 1.807) is 35.9 Å². The zero-order valence-corrected chi connectivity index (χ0v) is 14.0. The molecule has 5 heteroatoms. The van der Waals surface area contributed by atoms with Crippen LogP contribution in [0.15, 0.2) is 35.2 Å². The van der Waals surface area contributed by atoms with Gasteiger partial charge >= 0.3 is 0 Å². The lowest BCUT2D eigenvalue weighted by molar-refractivity contribution is 0.00593. The van der Waals surface area contributed by atoms with Crippen molar-refractivity contribution in [1.82, 2.24) is 10.3 Å². The van der Waals surface area contributed by atoms with E-state index in [0.717, 1.165) is 17.7 Å². The molecular formula is C17H22N2O2S. The van der Waals surface area contributed by atoms with Crippen molar-refractivity contribution in [1.29, 1.82) is 0 Å². The van der Waals surface area contributed by atoms with Crippen molar-refractivity contribution in [3.63, 3.8) is 0 Å². The zero-order chi connectivity index (χ0) is 16.2. The standard InChI is InChI=1S/C17H22N2O2S/c1-4-12(2)17(3,21)10-18-16(20)14-7-5-13(6-8-14)15-9-22-11-19-15/h5-9,11-12,21H,4,10H2,1-3H3,(H,18,20). The van der Waals surface area contributed by atoms with Gasteiger partial charge < -0.3 is 10.4 Å². The van der Waals surface area contributed by atoms with E-state index in [-0.39, 0.29) is 18.4 Å². The molecule has 0 saturated heterocycles. The number of hydrogen-bond acceptors (Lipinski definition) is 4. The zero-order valence-electron chi connectivity index (χ0n) is 13.2. The van der Waals surface area contributed by atoms with Crippen LogP contribution in [0, 0.1) is 5.92 Å². The Balaban J connectivity index is 1.99. The molecule has 0 spiro atoms. The summed E-state index contributed by atoms with van der Waals surface area (Å²) in [4.78, 5) is 16.4. The summed E-state index contributed by atoms with van der Waals surface area (Å²) < 4.78 is 0. The smallest absolute Gasteiger partial charge is 0.251 e. The van der Waals surface area contributed by atoms with Crippen LogP contribution in [-0.2, 0) is 0 Å². The number of nitrogens with zero attached hydrogens (tertiary/aromatic N) is 1. The van der Waals surface area contributed by atoms with Crippen LogP contribution < -0.4 is 5.32 Å². The van der Waals surface area contributed by atoms with E-state index in [1.807, 2.05) is 31.4 Å². The van der Waals surface area contributed by atoms with Gasteiger partial charge in [0.05, 0.1) is 16.8 Å². The SMILES string of the molecule is CCC(C)C(C)(O)CNC(=O)c1ccc(-c2cscn2)cc1. The summed E-state index contributed by atoms with van der Waals surface area (Å²) in [7, 11) is 0. The first-order valence-electron chi connectivity index (χ1n) is 7.43. The second-order valence-electron chi connectivity index (χ2n) is 5.80. The highest BCUT2D eigenvalue weighted by molar-refractivity contribution is 7.07. The fraction of sp³-hybridized carbons (Fsp3) is 0.412. The number of aromatic nitrogens is 1. The maximum absolute atomic E-state index is 12.2. The molecule has 2 aromatic rings. The van der Waals surface area contributed by atoms with Crippen molar-refractivity contribution in [2.75, 3.05) is 6.54 Å². The van der Waals surface area contributed by atoms with E-state index in [1.165, 1.54) is 0 Å². The molecule has 1 aromatic heterocycles. The molecule has 0 saturated carbocycles. The average molecular weight is 318 g/mol. The van der Waals surface area contributed by atoms with Crippen molar-refractivity contribution in [3.8, 4) is 11.3 Å². The molecule has 1 amide bonds. The summed E-state index contributed by atoms with van der Waals surface area (Å²) in [6.07, 6.45) is 0.866. The van der Waals surface area contributed by atoms with Crippen molar-refractivity contribution < 1.29 is 9.90 Å². The number of benzene rings is 1. The maximum atomic E-state index is 12.2. The Kier molecular flexibility index (Phi) is 5.32. The molecule has 0 aliphatic carbocycles. The number of rotatable bonds is 6. The van der Waals surface area contributed by atoms with Crippen molar-refractivity contribution in [2.45, 2.75) is 32.8 Å². The Morgan fingerprint density at radius 2 is 2.09 bits per heavy atom. The Morgan fingerprint density at radius 3 is 2.64 bits per heavy atom. The molecule has 0 radical (unpaired) electrons. The van der Waals surface area contributed by atoms with Gasteiger partial charge in [-0.15, -0.1) is 11.3 Å². The largest absolute Gasteiger partial charge is 0.388 e. The second-order valence-corrected chi connectivity index (χ2v) is 6.52. The predicted octanol–water partition coefficient (Wildman–Crippen LogP) is 3.34. The second kappa shape index (κ2) is 7.03. The highest BCUT2D eigenvalue weighted by Gasteiger charge is 2.27. The minimum absolute atomic E-state index is 0.125. The number of carbonyl (C=O) groups is 1. The van der Waals surface area contributed by atoms with E-state index >= 15 is 0 Å². The van der Waals surface area contributed by atoms with Gasteiger partial charge in [-0.1, -0.05) is 32.4 Å². The highest BCUT2D eigenvalue weighted by atomic mass is 32.1. The van der Waals surface area contributed by atoms with Gasteiger partial charge in [0.15, 0.2) is 0 Å². The number of aliphatic hydroxyl groups is 1.